The molecule has 2 N–H and O–H groups in total. The summed E-state index contributed by atoms with van der Waals surface area (Å²) in [7, 11) is -3.35. The quantitative estimate of drug-likeness (QED) is 0.543. The molecule has 2 aliphatic rings. The van der Waals surface area contributed by atoms with Gasteiger partial charge in [0, 0.05) is 50.2 Å². The smallest absolute Gasteiger partial charge is 0.216 e. The van der Waals surface area contributed by atoms with E-state index in [1.807, 2.05) is 42.2 Å². The van der Waals surface area contributed by atoms with Crippen molar-refractivity contribution in [3.05, 3.63) is 59.7 Å². The fraction of sp³-hybridized carbons (Fsp3) is 0.385. The highest BCUT2D eigenvalue weighted by Crippen LogP contribution is 2.33. The molecule has 0 radical (unpaired) electrons. The van der Waals surface area contributed by atoms with Gasteiger partial charge in [-0.2, -0.15) is 0 Å². The van der Waals surface area contributed by atoms with E-state index in [0.717, 1.165) is 33.5 Å². The fourth-order valence-electron chi connectivity index (χ4n) is 4.64. The topological polar surface area (TPSA) is 101 Å². The molecule has 9 heteroatoms. The summed E-state index contributed by atoms with van der Waals surface area (Å²) >= 11 is 0. The van der Waals surface area contributed by atoms with Crippen molar-refractivity contribution in [3.8, 4) is 0 Å². The molecular weight excluding hydrogens is 464 g/mol. The number of aryl methyl sites for hydroxylation is 1. The molecule has 1 saturated heterocycles. The van der Waals surface area contributed by atoms with Crippen LogP contribution >= 0.6 is 0 Å². The number of anilines is 2. The highest BCUT2D eigenvalue weighted by Gasteiger charge is 2.38. The van der Waals surface area contributed by atoms with Crippen molar-refractivity contribution in [3.63, 3.8) is 0 Å². The van der Waals surface area contributed by atoms with Gasteiger partial charge in [-0.15, -0.1) is 0 Å². The molecule has 3 heterocycles. The Balaban J connectivity index is 1.49. The molecule has 0 spiro atoms. The lowest BCUT2D eigenvalue weighted by molar-refractivity contribution is -0.125. The van der Waals surface area contributed by atoms with Gasteiger partial charge in [0.05, 0.1) is 34.8 Å². The molecule has 1 aromatic heterocycles. The maximum atomic E-state index is 12.8. The van der Waals surface area contributed by atoms with Gasteiger partial charge in [0.1, 0.15) is 5.82 Å². The molecule has 3 aromatic rings. The Kier molecular flexibility index (Phi) is 6.14. The first kappa shape index (κ1) is 23.6. The molecule has 0 unspecified atom stereocenters. The lowest BCUT2D eigenvalue weighted by atomic mass is 9.85. The predicted octanol–water partition coefficient (Wildman–Crippen LogP) is 2.90. The van der Waals surface area contributed by atoms with Crippen LogP contribution in [0.1, 0.15) is 18.1 Å². The van der Waals surface area contributed by atoms with Gasteiger partial charge in [0.2, 0.25) is 5.91 Å². The highest BCUT2D eigenvalue weighted by molar-refractivity contribution is 7.91. The van der Waals surface area contributed by atoms with Crippen molar-refractivity contribution >= 4 is 38.2 Å². The Labute approximate surface area is 205 Å². The van der Waals surface area contributed by atoms with Gasteiger partial charge in [0.25, 0.3) is 0 Å². The van der Waals surface area contributed by atoms with E-state index in [9.17, 15) is 13.2 Å². The molecule has 1 amide bonds. The van der Waals surface area contributed by atoms with E-state index in [0.29, 0.717) is 44.3 Å². The number of nitrogens with one attached hydrogen (secondary N) is 2. The summed E-state index contributed by atoms with van der Waals surface area (Å²) < 4.78 is 31.2. The standard InChI is InChI=1S/C26H30N4O4S/c1-18-7-8-22-21(11-18)23(28-15-26(16-34-17-26)14-27-19(2)31)12-25(29-22)30-9-10-35(32,33)24-6-4-3-5-20(24)13-30/h3-8,11-12H,9-10,13-17H2,1-2H3,(H,27,31)(H,28,29). The predicted molar refractivity (Wildman–Crippen MR) is 136 cm³/mol. The summed E-state index contributed by atoms with van der Waals surface area (Å²) in [5, 5.41) is 7.52. The zero-order chi connectivity index (χ0) is 24.6. The number of carbonyl (C=O) groups excluding carboxylic acids is 1. The minimum Gasteiger partial charge on any atom is -0.384 e. The number of benzene rings is 2. The van der Waals surface area contributed by atoms with Crippen LogP contribution in [0.2, 0.25) is 0 Å². The van der Waals surface area contributed by atoms with Gasteiger partial charge in [-0.05, 0) is 30.7 Å². The van der Waals surface area contributed by atoms with E-state index in [1.165, 1.54) is 6.92 Å². The fourth-order valence-corrected chi connectivity index (χ4v) is 6.14. The average molecular weight is 495 g/mol. The van der Waals surface area contributed by atoms with Crippen molar-refractivity contribution in [2.24, 2.45) is 5.41 Å². The molecule has 8 nitrogen and oxygen atoms in total. The van der Waals surface area contributed by atoms with Crippen LogP contribution in [-0.2, 0) is 25.9 Å². The van der Waals surface area contributed by atoms with Gasteiger partial charge in [-0.1, -0.05) is 29.8 Å². The third-order valence-electron chi connectivity index (χ3n) is 6.76. The van der Waals surface area contributed by atoms with Crippen molar-refractivity contribution in [1.29, 1.82) is 0 Å². The number of sulfone groups is 1. The van der Waals surface area contributed by atoms with Gasteiger partial charge in [-0.25, -0.2) is 13.4 Å². The Morgan fingerprint density at radius 2 is 1.94 bits per heavy atom. The first-order chi connectivity index (χ1) is 16.7. The zero-order valence-corrected chi connectivity index (χ0v) is 20.8. The van der Waals surface area contributed by atoms with Crippen LogP contribution in [0.25, 0.3) is 10.9 Å². The van der Waals surface area contributed by atoms with Crippen molar-refractivity contribution in [2.45, 2.75) is 25.3 Å². The summed E-state index contributed by atoms with van der Waals surface area (Å²) in [6.45, 7) is 6.74. The van der Waals surface area contributed by atoms with Crippen LogP contribution in [0, 0.1) is 12.3 Å². The number of hydrogen-bond donors (Lipinski definition) is 2. The summed E-state index contributed by atoms with van der Waals surface area (Å²) in [4.78, 5) is 18.8. The molecular formula is C26H30N4O4S. The van der Waals surface area contributed by atoms with Crippen LogP contribution in [0.4, 0.5) is 11.5 Å². The van der Waals surface area contributed by atoms with Gasteiger partial charge >= 0.3 is 0 Å². The SMILES string of the molecule is CC(=O)NCC1(CNc2cc(N3CCS(=O)(=O)c4ccccc4C3)nc3ccc(C)cc23)COC1. The maximum Gasteiger partial charge on any atom is 0.216 e. The van der Waals surface area contributed by atoms with Gasteiger partial charge in [0.15, 0.2) is 9.84 Å². The maximum absolute atomic E-state index is 12.8. The molecule has 0 saturated carbocycles. The number of rotatable bonds is 6. The second-order valence-electron chi connectivity index (χ2n) is 9.65. The highest BCUT2D eigenvalue weighted by atomic mass is 32.2. The number of pyridine rings is 1. The first-order valence-electron chi connectivity index (χ1n) is 11.8. The molecule has 184 valence electrons. The Morgan fingerprint density at radius 1 is 1.14 bits per heavy atom. The van der Waals surface area contributed by atoms with E-state index in [-0.39, 0.29) is 17.1 Å². The molecule has 0 atom stereocenters. The second-order valence-corrected chi connectivity index (χ2v) is 11.7. The molecule has 2 aromatic carbocycles. The zero-order valence-electron chi connectivity index (χ0n) is 20.0. The molecule has 35 heavy (non-hydrogen) atoms. The second kappa shape index (κ2) is 9.13. The lowest BCUT2D eigenvalue weighted by Gasteiger charge is -2.41. The molecule has 5 rings (SSSR count). The summed E-state index contributed by atoms with van der Waals surface area (Å²) in [5.41, 5.74) is 3.52. The third kappa shape index (κ3) is 4.83. The van der Waals surface area contributed by atoms with E-state index < -0.39 is 9.84 Å². The normalized spacial score (nSPS) is 18.3. The minimum atomic E-state index is -3.35. The Hall–Kier alpha value is -3.17. The minimum absolute atomic E-state index is 0.0392. The van der Waals surface area contributed by atoms with Crippen LogP contribution in [-0.4, -0.2) is 57.9 Å². The first-order valence-corrected chi connectivity index (χ1v) is 13.4. The number of hydrogen-bond acceptors (Lipinski definition) is 7. The van der Waals surface area contributed by atoms with Crippen LogP contribution < -0.4 is 15.5 Å². The molecule has 1 fully saturated rings. The number of aromatic nitrogens is 1. The number of carbonyl (C=O) groups is 1. The van der Waals surface area contributed by atoms with E-state index in [4.69, 9.17) is 9.72 Å². The van der Waals surface area contributed by atoms with Crippen LogP contribution in [0.15, 0.2) is 53.4 Å². The number of fused-ring (bicyclic) bond motifs is 2. The third-order valence-corrected chi connectivity index (χ3v) is 8.54. The van der Waals surface area contributed by atoms with Crippen molar-refractivity contribution < 1.29 is 17.9 Å². The molecule has 0 aliphatic carbocycles. The number of nitrogens with zero attached hydrogens (tertiary/aromatic N) is 2. The summed E-state index contributed by atoms with van der Waals surface area (Å²) in [5.74, 6) is 0.717. The Morgan fingerprint density at radius 3 is 2.69 bits per heavy atom. The van der Waals surface area contributed by atoms with Crippen LogP contribution in [0.3, 0.4) is 0 Å². The molecule has 0 bridgehead atoms. The van der Waals surface area contributed by atoms with E-state index >= 15 is 0 Å². The van der Waals surface area contributed by atoms with Gasteiger partial charge in [-0.3, -0.25) is 4.79 Å². The van der Waals surface area contributed by atoms with E-state index in [1.54, 1.807) is 12.1 Å². The monoisotopic (exact) mass is 494 g/mol. The summed E-state index contributed by atoms with van der Waals surface area (Å²) in [6, 6.07) is 15.3. The summed E-state index contributed by atoms with van der Waals surface area (Å²) in [6.07, 6.45) is 0. The van der Waals surface area contributed by atoms with Crippen LogP contribution in [0.5, 0.6) is 0 Å². The largest absolute Gasteiger partial charge is 0.384 e. The molecule has 2 aliphatic heterocycles. The van der Waals surface area contributed by atoms with E-state index in [2.05, 4.69) is 16.7 Å². The lowest BCUT2D eigenvalue weighted by Crippen LogP contribution is -2.54. The van der Waals surface area contributed by atoms with Gasteiger partial charge < -0.3 is 20.3 Å². The number of ether oxygens (including phenoxy) is 1. The average Bonchev–Trinajstić information content (AvgIpc) is 2.94. The number of amides is 1. The van der Waals surface area contributed by atoms with Crippen molar-refractivity contribution in [1.82, 2.24) is 10.3 Å². The van der Waals surface area contributed by atoms with Crippen molar-refractivity contribution in [2.75, 3.05) is 48.8 Å². The Bertz CT molecular complexity index is 1390.